The van der Waals surface area contributed by atoms with Crippen molar-refractivity contribution in [2.24, 2.45) is 0 Å². The number of nitrogens with zero attached hydrogens (tertiary/aromatic N) is 4. The van der Waals surface area contributed by atoms with Gasteiger partial charge in [0.05, 0.1) is 37.1 Å². The van der Waals surface area contributed by atoms with Gasteiger partial charge in [0, 0.05) is 32.4 Å². The molecule has 0 radical (unpaired) electrons. The van der Waals surface area contributed by atoms with Crippen LogP contribution >= 0.6 is 0 Å². The summed E-state index contributed by atoms with van der Waals surface area (Å²) < 4.78 is 12.8. The maximum absolute atomic E-state index is 13.4. The lowest BCUT2D eigenvalue weighted by Crippen LogP contribution is -2.38. The standard InChI is InChI=1S/C28H32N4O5/c1-3-37-21-10-8-20(9-11-21)25-23(26(33)24-19(2)29-22-7-4-5-13-31(22)24)27(34)28(35)32(25)14-6-12-30-15-17-36-18-16-30/h4-5,7-11,13,25,33H,3,6,12,14-18H2,1-2H3/b26-23+/t25-/m0/s1. The van der Waals surface area contributed by atoms with Crippen molar-refractivity contribution >= 4 is 23.1 Å². The van der Waals surface area contributed by atoms with E-state index < -0.39 is 17.7 Å². The number of fused-ring (bicyclic) bond motifs is 1. The first kappa shape index (κ1) is 25.0. The molecule has 0 unspecified atom stereocenters. The second-order valence-corrected chi connectivity index (χ2v) is 9.28. The lowest BCUT2D eigenvalue weighted by Gasteiger charge is -2.29. The molecule has 2 aliphatic rings. The van der Waals surface area contributed by atoms with E-state index in [1.807, 2.05) is 49.4 Å². The second kappa shape index (κ2) is 10.7. The molecule has 2 fully saturated rings. The first-order chi connectivity index (χ1) is 18.0. The number of benzene rings is 1. The third-order valence-corrected chi connectivity index (χ3v) is 6.95. The van der Waals surface area contributed by atoms with Crippen LogP contribution in [-0.2, 0) is 14.3 Å². The van der Waals surface area contributed by atoms with E-state index in [4.69, 9.17) is 9.47 Å². The SMILES string of the molecule is CCOc1ccc([C@H]2/C(=C(\O)c3c(C)nc4ccccn34)C(=O)C(=O)N2CCCN2CCOCC2)cc1. The van der Waals surface area contributed by atoms with Gasteiger partial charge in [-0.25, -0.2) is 4.98 Å². The molecule has 9 heteroatoms. The normalized spacial score (nSPS) is 20.2. The molecular formula is C28H32N4O5. The summed E-state index contributed by atoms with van der Waals surface area (Å²) in [4.78, 5) is 35.2. The lowest BCUT2D eigenvalue weighted by atomic mass is 9.96. The number of carbonyl (C=O) groups is 2. The molecule has 0 saturated carbocycles. The van der Waals surface area contributed by atoms with Crippen LogP contribution in [0.5, 0.6) is 5.75 Å². The van der Waals surface area contributed by atoms with E-state index in [2.05, 4.69) is 9.88 Å². The highest BCUT2D eigenvalue weighted by molar-refractivity contribution is 6.46. The maximum atomic E-state index is 13.4. The highest BCUT2D eigenvalue weighted by Crippen LogP contribution is 2.40. The molecule has 194 valence electrons. The van der Waals surface area contributed by atoms with Crippen molar-refractivity contribution in [2.45, 2.75) is 26.3 Å². The molecule has 1 N–H and O–H groups in total. The van der Waals surface area contributed by atoms with Gasteiger partial charge in [-0.3, -0.25) is 18.9 Å². The van der Waals surface area contributed by atoms with Crippen molar-refractivity contribution in [3.8, 4) is 5.75 Å². The Balaban J connectivity index is 1.54. The van der Waals surface area contributed by atoms with E-state index in [-0.39, 0.29) is 11.3 Å². The number of hydrogen-bond acceptors (Lipinski definition) is 7. The Bertz CT molecular complexity index is 1320. The fraction of sp³-hybridized carbons (Fsp3) is 0.393. The highest BCUT2D eigenvalue weighted by Gasteiger charge is 2.46. The van der Waals surface area contributed by atoms with E-state index in [1.54, 1.807) is 22.4 Å². The van der Waals surface area contributed by atoms with Gasteiger partial charge in [-0.05, 0) is 50.1 Å². The van der Waals surface area contributed by atoms with Crippen LogP contribution in [0, 0.1) is 6.92 Å². The molecule has 9 nitrogen and oxygen atoms in total. The molecule has 3 aromatic rings. The van der Waals surface area contributed by atoms with Gasteiger partial charge in [-0.2, -0.15) is 0 Å². The summed E-state index contributed by atoms with van der Waals surface area (Å²) in [5.41, 5.74) is 2.46. The van der Waals surface area contributed by atoms with Crippen LogP contribution in [0.25, 0.3) is 11.4 Å². The van der Waals surface area contributed by atoms with Crippen LogP contribution in [0.15, 0.2) is 54.2 Å². The number of aliphatic hydroxyl groups excluding tert-OH is 1. The van der Waals surface area contributed by atoms with Gasteiger partial charge in [0.25, 0.3) is 11.7 Å². The van der Waals surface area contributed by atoms with Gasteiger partial charge in [-0.1, -0.05) is 18.2 Å². The topological polar surface area (TPSA) is 96.6 Å². The number of aliphatic hydroxyl groups is 1. The Morgan fingerprint density at radius 1 is 1.11 bits per heavy atom. The average Bonchev–Trinajstić information content (AvgIpc) is 3.38. The summed E-state index contributed by atoms with van der Waals surface area (Å²) in [6.07, 6.45) is 2.49. The summed E-state index contributed by atoms with van der Waals surface area (Å²) in [5, 5.41) is 11.6. The predicted molar refractivity (Wildman–Crippen MR) is 138 cm³/mol. The lowest BCUT2D eigenvalue weighted by molar-refractivity contribution is -0.140. The monoisotopic (exact) mass is 504 g/mol. The molecule has 2 aromatic heterocycles. The molecule has 4 heterocycles. The molecule has 0 aliphatic carbocycles. The number of ketones is 1. The van der Waals surface area contributed by atoms with Gasteiger partial charge < -0.3 is 19.5 Å². The largest absolute Gasteiger partial charge is 0.505 e. The van der Waals surface area contributed by atoms with Crippen molar-refractivity contribution in [3.05, 3.63) is 71.2 Å². The zero-order chi connectivity index (χ0) is 25.9. The summed E-state index contributed by atoms with van der Waals surface area (Å²) in [5.74, 6) is -0.806. The smallest absolute Gasteiger partial charge is 0.295 e. The first-order valence-corrected chi connectivity index (χ1v) is 12.7. The Morgan fingerprint density at radius 3 is 2.59 bits per heavy atom. The molecule has 1 aromatic carbocycles. The minimum absolute atomic E-state index is 0.0780. The van der Waals surface area contributed by atoms with Crippen molar-refractivity contribution in [1.82, 2.24) is 19.2 Å². The van der Waals surface area contributed by atoms with Crippen LogP contribution in [0.1, 0.15) is 36.3 Å². The van der Waals surface area contributed by atoms with E-state index in [0.29, 0.717) is 55.6 Å². The molecule has 1 amide bonds. The van der Waals surface area contributed by atoms with Crippen LogP contribution in [0.3, 0.4) is 0 Å². The van der Waals surface area contributed by atoms with E-state index >= 15 is 0 Å². The van der Waals surface area contributed by atoms with Crippen molar-refractivity contribution in [2.75, 3.05) is 46.0 Å². The number of hydrogen-bond donors (Lipinski definition) is 1. The minimum atomic E-state index is -0.714. The number of likely N-dealkylation sites (tertiary alicyclic amines) is 1. The number of ether oxygens (including phenoxy) is 2. The van der Waals surface area contributed by atoms with Gasteiger partial charge in [0.2, 0.25) is 0 Å². The van der Waals surface area contributed by atoms with Gasteiger partial charge >= 0.3 is 0 Å². The van der Waals surface area contributed by atoms with Gasteiger partial charge in [0.1, 0.15) is 17.1 Å². The van der Waals surface area contributed by atoms with Gasteiger partial charge in [0.15, 0.2) is 5.76 Å². The van der Waals surface area contributed by atoms with Crippen LogP contribution in [0.2, 0.25) is 0 Å². The number of imidazole rings is 1. The summed E-state index contributed by atoms with van der Waals surface area (Å²) in [6.45, 7) is 8.54. The van der Waals surface area contributed by atoms with E-state index in [0.717, 1.165) is 25.2 Å². The molecular weight excluding hydrogens is 472 g/mol. The third-order valence-electron chi connectivity index (χ3n) is 6.95. The van der Waals surface area contributed by atoms with Crippen LogP contribution in [-0.4, -0.2) is 82.0 Å². The number of amides is 1. The average molecular weight is 505 g/mol. The summed E-state index contributed by atoms with van der Waals surface area (Å²) in [7, 11) is 0. The first-order valence-electron chi connectivity index (χ1n) is 12.7. The number of morpholine rings is 1. The number of carbonyl (C=O) groups excluding carboxylic acids is 2. The van der Waals surface area contributed by atoms with Crippen molar-refractivity contribution < 1.29 is 24.2 Å². The zero-order valence-corrected chi connectivity index (χ0v) is 21.2. The number of aromatic nitrogens is 2. The number of aryl methyl sites for hydroxylation is 1. The fourth-order valence-corrected chi connectivity index (χ4v) is 5.19. The number of rotatable bonds is 8. The fourth-order valence-electron chi connectivity index (χ4n) is 5.19. The summed E-state index contributed by atoms with van der Waals surface area (Å²) >= 11 is 0. The summed E-state index contributed by atoms with van der Waals surface area (Å²) in [6, 6.07) is 12.2. The molecule has 0 spiro atoms. The Kier molecular flexibility index (Phi) is 7.25. The third kappa shape index (κ3) is 4.84. The molecule has 0 bridgehead atoms. The molecule has 2 saturated heterocycles. The molecule has 2 aliphatic heterocycles. The van der Waals surface area contributed by atoms with Gasteiger partial charge in [-0.15, -0.1) is 0 Å². The Labute approximate surface area is 215 Å². The van der Waals surface area contributed by atoms with Crippen molar-refractivity contribution in [3.63, 3.8) is 0 Å². The Hall–Kier alpha value is -3.69. The van der Waals surface area contributed by atoms with E-state index in [1.165, 1.54) is 0 Å². The molecule has 1 atom stereocenters. The van der Waals surface area contributed by atoms with Crippen LogP contribution in [0.4, 0.5) is 0 Å². The highest BCUT2D eigenvalue weighted by atomic mass is 16.5. The predicted octanol–water partition coefficient (Wildman–Crippen LogP) is 3.19. The Morgan fingerprint density at radius 2 is 1.86 bits per heavy atom. The minimum Gasteiger partial charge on any atom is -0.505 e. The zero-order valence-electron chi connectivity index (χ0n) is 21.2. The second-order valence-electron chi connectivity index (χ2n) is 9.28. The molecule has 37 heavy (non-hydrogen) atoms. The molecule has 5 rings (SSSR count). The number of Topliss-reactive ketones (excluding diaryl/α,β-unsaturated/α-hetero) is 1. The number of pyridine rings is 1. The van der Waals surface area contributed by atoms with E-state index in [9.17, 15) is 14.7 Å². The van der Waals surface area contributed by atoms with Crippen molar-refractivity contribution in [1.29, 1.82) is 0 Å². The quantitative estimate of drug-likeness (QED) is 0.286. The van der Waals surface area contributed by atoms with Crippen LogP contribution < -0.4 is 4.74 Å². The maximum Gasteiger partial charge on any atom is 0.295 e.